The molecule has 1 aliphatic heterocycles. The normalized spacial score (nSPS) is 20.7. The van der Waals surface area contributed by atoms with Crippen molar-refractivity contribution in [3.63, 3.8) is 0 Å². The molecule has 1 fully saturated rings. The van der Waals surface area contributed by atoms with Crippen molar-refractivity contribution in [1.29, 1.82) is 0 Å². The van der Waals surface area contributed by atoms with Gasteiger partial charge in [0.2, 0.25) is 5.91 Å². The van der Waals surface area contributed by atoms with Crippen LogP contribution in [0.15, 0.2) is 23.1 Å². The highest BCUT2D eigenvalue weighted by Crippen LogP contribution is 2.28. The van der Waals surface area contributed by atoms with Crippen LogP contribution >= 0.6 is 23.2 Å². The van der Waals surface area contributed by atoms with Crippen molar-refractivity contribution in [3.05, 3.63) is 28.2 Å². The first-order valence-electron chi connectivity index (χ1n) is 5.86. The van der Waals surface area contributed by atoms with Gasteiger partial charge in [0.25, 0.3) is 0 Å². The number of carbonyl (C=O) groups is 1. The summed E-state index contributed by atoms with van der Waals surface area (Å²) in [4.78, 5) is 11.6. The Morgan fingerprint density at radius 3 is 2.42 bits per heavy atom. The maximum atomic E-state index is 12.5. The molecule has 1 unspecified atom stereocenters. The molecular formula is C12H13Cl2NO3S. The molecule has 1 amide bonds. The SMILES string of the molecule is O=C1CC(S(=O)(=O)c2cc(Cl)cc(Cl)c2)CCCN1. The van der Waals surface area contributed by atoms with Gasteiger partial charge in [0.1, 0.15) is 0 Å². The second-order valence-corrected chi connectivity index (χ2v) is 7.57. The predicted molar refractivity (Wildman–Crippen MR) is 74.3 cm³/mol. The van der Waals surface area contributed by atoms with Crippen LogP contribution in [0.4, 0.5) is 0 Å². The third kappa shape index (κ3) is 3.41. The largest absolute Gasteiger partial charge is 0.356 e. The van der Waals surface area contributed by atoms with E-state index in [4.69, 9.17) is 23.2 Å². The third-order valence-electron chi connectivity index (χ3n) is 3.04. The summed E-state index contributed by atoms with van der Waals surface area (Å²) >= 11 is 11.7. The average molecular weight is 322 g/mol. The summed E-state index contributed by atoms with van der Waals surface area (Å²) in [5.74, 6) is -0.237. The van der Waals surface area contributed by atoms with Crippen molar-refractivity contribution < 1.29 is 13.2 Å². The van der Waals surface area contributed by atoms with Crippen LogP contribution in [-0.4, -0.2) is 26.1 Å². The lowest BCUT2D eigenvalue weighted by atomic mass is 10.2. The van der Waals surface area contributed by atoms with Crippen molar-refractivity contribution in [2.24, 2.45) is 0 Å². The lowest BCUT2D eigenvalue weighted by Gasteiger charge is -2.14. The number of hydrogen-bond acceptors (Lipinski definition) is 3. The van der Waals surface area contributed by atoms with Gasteiger partial charge in [-0.1, -0.05) is 23.2 Å². The standard InChI is InChI=1S/C12H13Cl2NO3S/c13-8-4-9(14)6-11(5-8)19(17,18)10-2-1-3-15-12(16)7-10/h4-6,10H,1-3,7H2,(H,15,16). The quantitative estimate of drug-likeness (QED) is 0.909. The third-order valence-corrected chi connectivity index (χ3v) is 5.65. The fraction of sp³-hybridized carbons (Fsp3) is 0.417. The summed E-state index contributed by atoms with van der Waals surface area (Å²) in [6, 6.07) is 4.21. The van der Waals surface area contributed by atoms with Crippen LogP contribution in [-0.2, 0) is 14.6 Å². The van der Waals surface area contributed by atoms with Crippen molar-refractivity contribution in [2.45, 2.75) is 29.4 Å². The van der Waals surface area contributed by atoms with Crippen LogP contribution < -0.4 is 5.32 Å². The van der Waals surface area contributed by atoms with Crippen LogP contribution in [0.1, 0.15) is 19.3 Å². The molecular weight excluding hydrogens is 309 g/mol. The molecule has 7 heteroatoms. The van der Waals surface area contributed by atoms with E-state index in [-0.39, 0.29) is 27.3 Å². The molecule has 1 aliphatic rings. The monoisotopic (exact) mass is 321 g/mol. The number of halogens is 2. The fourth-order valence-corrected chi connectivity index (χ4v) is 4.56. The molecule has 0 aromatic heterocycles. The predicted octanol–water partition coefficient (Wildman–Crippen LogP) is 2.44. The molecule has 2 rings (SSSR count). The minimum absolute atomic E-state index is 0.0214. The Morgan fingerprint density at radius 1 is 1.16 bits per heavy atom. The number of amides is 1. The summed E-state index contributed by atoms with van der Waals surface area (Å²) in [5, 5.41) is 2.48. The molecule has 0 spiro atoms. The molecule has 1 aromatic carbocycles. The number of benzene rings is 1. The van der Waals surface area contributed by atoms with E-state index in [9.17, 15) is 13.2 Å². The Morgan fingerprint density at radius 2 is 1.79 bits per heavy atom. The zero-order chi connectivity index (χ0) is 14.0. The molecule has 104 valence electrons. The Bertz CT molecular complexity index is 581. The van der Waals surface area contributed by atoms with Crippen LogP contribution in [0.2, 0.25) is 10.0 Å². The molecule has 1 atom stereocenters. The molecule has 1 aromatic rings. The van der Waals surface area contributed by atoms with Gasteiger partial charge in [-0.3, -0.25) is 4.79 Å². The topological polar surface area (TPSA) is 63.2 Å². The van der Waals surface area contributed by atoms with E-state index in [1.165, 1.54) is 18.2 Å². The molecule has 0 bridgehead atoms. The Balaban J connectivity index is 2.37. The number of carbonyl (C=O) groups excluding carboxylic acids is 1. The molecule has 1 saturated heterocycles. The second-order valence-electron chi connectivity index (χ2n) is 4.47. The number of sulfone groups is 1. The summed E-state index contributed by atoms with van der Waals surface area (Å²) in [6.45, 7) is 0.515. The summed E-state index contributed by atoms with van der Waals surface area (Å²) in [5.41, 5.74) is 0. The maximum absolute atomic E-state index is 12.5. The van der Waals surface area contributed by atoms with Crippen LogP contribution in [0.3, 0.4) is 0 Å². The highest BCUT2D eigenvalue weighted by Gasteiger charge is 2.31. The fourth-order valence-electron chi connectivity index (χ4n) is 2.09. The molecule has 0 saturated carbocycles. The van der Waals surface area contributed by atoms with Gasteiger partial charge >= 0.3 is 0 Å². The maximum Gasteiger partial charge on any atom is 0.221 e. The van der Waals surface area contributed by atoms with E-state index < -0.39 is 15.1 Å². The number of rotatable bonds is 2. The van der Waals surface area contributed by atoms with Crippen LogP contribution in [0.5, 0.6) is 0 Å². The van der Waals surface area contributed by atoms with Crippen LogP contribution in [0.25, 0.3) is 0 Å². The summed E-state index contributed by atoms with van der Waals surface area (Å²) in [6.07, 6.45) is 1.07. The van der Waals surface area contributed by atoms with Gasteiger partial charge in [-0.2, -0.15) is 0 Å². The second kappa shape index (κ2) is 5.69. The Hall–Kier alpha value is -0.780. The molecule has 0 radical (unpaired) electrons. The van der Waals surface area contributed by atoms with E-state index >= 15 is 0 Å². The van der Waals surface area contributed by atoms with Gasteiger partial charge in [0.15, 0.2) is 9.84 Å². The van der Waals surface area contributed by atoms with E-state index in [1.54, 1.807) is 0 Å². The molecule has 19 heavy (non-hydrogen) atoms. The van der Waals surface area contributed by atoms with Gasteiger partial charge < -0.3 is 5.32 Å². The Labute approximate surface area is 122 Å². The minimum Gasteiger partial charge on any atom is -0.356 e. The van der Waals surface area contributed by atoms with Crippen molar-refractivity contribution in [3.8, 4) is 0 Å². The van der Waals surface area contributed by atoms with E-state index in [0.29, 0.717) is 19.4 Å². The lowest BCUT2D eigenvalue weighted by Crippen LogP contribution is -2.27. The molecule has 1 heterocycles. The van der Waals surface area contributed by atoms with E-state index in [1.807, 2.05) is 0 Å². The van der Waals surface area contributed by atoms with Gasteiger partial charge in [-0.15, -0.1) is 0 Å². The zero-order valence-electron chi connectivity index (χ0n) is 10.0. The molecule has 1 N–H and O–H groups in total. The van der Waals surface area contributed by atoms with E-state index in [0.717, 1.165) is 0 Å². The first kappa shape index (κ1) is 14.6. The highest BCUT2D eigenvalue weighted by atomic mass is 35.5. The average Bonchev–Trinajstić information content (AvgIpc) is 2.53. The smallest absolute Gasteiger partial charge is 0.221 e. The number of hydrogen-bond donors (Lipinski definition) is 1. The van der Waals surface area contributed by atoms with Gasteiger partial charge in [-0.25, -0.2) is 8.42 Å². The summed E-state index contributed by atoms with van der Waals surface area (Å²) < 4.78 is 25.0. The van der Waals surface area contributed by atoms with Crippen molar-refractivity contribution in [2.75, 3.05) is 6.54 Å². The van der Waals surface area contributed by atoms with E-state index in [2.05, 4.69) is 5.32 Å². The molecule has 0 aliphatic carbocycles. The first-order chi connectivity index (χ1) is 8.89. The van der Waals surface area contributed by atoms with Crippen molar-refractivity contribution in [1.82, 2.24) is 5.32 Å². The first-order valence-corrected chi connectivity index (χ1v) is 8.16. The van der Waals surface area contributed by atoms with Gasteiger partial charge in [0.05, 0.1) is 10.1 Å². The Kier molecular flexibility index (Phi) is 4.38. The highest BCUT2D eigenvalue weighted by molar-refractivity contribution is 7.92. The lowest BCUT2D eigenvalue weighted by molar-refractivity contribution is -0.120. The summed E-state index contributed by atoms with van der Waals surface area (Å²) in [7, 11) is -3.59. The zero-order valence-corrected chi connectivity index (χ0v) is 12.4. The minimum atomic E-state index is -3.59. The molecule has 4 nitrogen and oxygen atoms in total. The van der Waals surface area contributed by atoms with Crippen molar-refractivity contribution >= 4 is 38.9 Å². The van der Waals surface area contributed by atoms with Gasteiger partial charge in [-0.05, 0) is 31.0 Å². The van der Waals surface area contributed by atoms with Gasteiger partial charge in [0, 0.05) is 23.0 Å². The number of nitrogens with one attached hydrogen (secondary N) is 1. The van der Waals surface area contributed by atoms with Crippen LogP contribution in [0, 0.1) is 0 Å².